The Morgan fingerprint density at radius 3 is 2.70 bits per heavy atom. The summed E-state index contributed by atoms with van der Waals surface area (Å²) in [5, 5.41) is 9.00. The zero-order valence-corrected chi connectivity index (χ0v) is 12.3. The SMILES string of the molecule is O=C(O)C1CC1C(=O)N(CC1CCCO1)C1CCSC1. The lowest BCUT2D eigenvalue weighted by Crippen LogP contribution is -2.45. The Bertz CT molecular complexity index is 391. The number of nitrogens with zero attached hydrogens (tertiary/aromatic N) is 1. The summed E-state index contributed by atoms with van der Waals surface area (Å²) >= 11 is 1.87. The minimum absolute atomic E-state index is 0.0420. The molecule has 1 saturated carbocycles. The van der Waals surface area contributed by atoms with Crippen molar-refractivity contribution in [2.45, 2.75) is 37.8 Å². The fraction of sp³-hybridized carbons (Fsp3) is 0.857. The number of carbonyl (C=O) groups excluding carboxylic acids is 1. The first kappa shape index (κ1) is 14.2. The van der Waals surface area contributed by atoms with Crippen LogP contribution in [-0.4, -0.2) is 58.7 Å². The highest BCUT2D eigenvalue weighted by atomic mass is 32.2. The molecule has 1 amide bonds. The van der Waals surface area contributed by atoms with Gasteiger partial charge in [0.25, 0.3) is 0 Å². The van der Waals surface area contributed by atoms with E-state index in [9.17, 15) is 9.59 Å². The van der Waals surface area contributed by atoms with E-state index in [2.05, 4.69) is 0 Å². The fourth-order valence-electron chi connectivity index (χ4n) is 3.15. The molecule has 6 heteroatoms. The Morgan fingerprint density at radius 1 is 1.30 bits per heavy atom. The predicted octanol–water partition coefficient (Wildman–Crippen LogP) is 1.22. The number of carboxylic acids is 1. The average Bonchev–Trinajstić information content (AvgIpc) is 2.84. The Morgan fingerprint density at radius 2 is 2.15 bits per heavy atom. The normalized spacial score (nSPS) is 36.0. The number of thioether (sulfide) groups is 1. The average molecular weight is 299 g/mol. The molecule has 2 saturated heterocycles. The van der Waals surface area contributed by atoms with Crippen molar-refractivity contribution in [2.75, 3.05) is 24.7 Å². The molecule has 2 heterocycles. The largest absolute Gasteiger partial charge is 0.481 e. The maximum atomic E-state index is 12.6. The quantitative estimate of drug-likeness (QED) is 0.827. The molecule has 2 aliphatic heterocycles. The molecule has 4 atom stereocenters. The monoisotopic (exact) mass is 299 g/mol. The Kier molecular flexibility index (Phi) is 4.21. The molecular formula is C14H21NO4S. The number of ether oxygens (including phenoxy) is 1. The molecule has 0 aromatic carbocycles. The van der Waals surface area contributed by atoms with Gasteiger partial charge in [0, 0.05) is 24.9 Å². The van der Waals surface area contributed by atoms with Gasteiger partial charge in [-0.2, -0.15) is 11.8 Å². The lowest BCUT2D eigenvalue weighted by Gasteiger charge is -2.31. The van der Waals surface area contributed by atoms with Crippen LogP contribution in [0.4, 0.5) is 0 Å². The van der Waals surface area contributed by atoms with E-state index in [-0.39, 0.29) is 24.0 Å². The van der Waals surface area contributed by atoms with Crippen LogP contribution in [0.3, 0.4) is 0 Å². The molecule has 3 fully saturated rings. The Labute approximate surface area is 123 Å². The van der Waals surface area contributed by atoms with Crippen molar-refractivity contribution in [1.82, 2.24) is 4.90 Å². The van der Waals surface area contributed by atoms with Gasteiger partial charge >= 0.3 is 5.97 Å². The van der Waals surface area contributed by atoms with Crippen LogP contribution in [0.1, 0.15) is 25.7 Å². The molecule has 1 aliphatic carbocycles. The van der Waals surface area contributed by atoms with Crippen molar-refractivity contribution < 1.29 is 19.4 Å². The summed E-state index contributed by atoms with van der Waals surface area (Å²) in [5.74, 6) is 0.528. The van der Waals surface area contributed by atoms with Gasteiger partial charge in [-0.1, -0.05) is 0 Å². The second-order valence-corrected chi connectivity index (χ2v) is 7.08. The summed E-state index contributed by atoms with van der Waals surface area (Å²) in [4.78, 5) is 25.5. The maximum Gasteiger partial charge on any atom is 0.307 e. The zero-order valence-electron chi connectivity index (χ0n) is 11.5. The van der Waals surface area contributed by atoms with Crippen LogP contribution in [0.2, 0.25) is 0 Å². The summed E-state index contributed by atoms with van der Waals surface area (Å²) in [7, 11) is 0. The van der Waals surface area contributed by atoms with Crippen LogP contribution in [0.5, 0.6) is 0 Å². The fourth-order valence-corrected chi connectivity index (χ4v) is 4.37. The van der Waals surface area contributed by atoms with Gasteiger partial charge in [-0.05, 0) is 31.4 Å². The highest BCUT2D eigenvalue weighted by molar-refractivity contribution is 7.99. The number of hydrogen-bond donors (Lipinski definition) is 1. The molecule has 0 aromatic rings. The van der Waals surface area contributed by atoms with Crippen molar-refractivity contribution in [1.29, 1.82) is 0 Å². The van der Waals surface area contributed by atoms with E-state index in [0.29, 0.717) is 13.0 Å². The van der Waals surface area contributed by atoms with Gasteiger partial charge in [-0.3, -0.25) is 9.59 Å². The van der Waals surface area contributed by atoms with E-state index in [1.54, 1.807) is 0 Å². The third kappa shape index (κ3) is 2.96. The van der Waals surface area contributed by atoms with Crippen molar-refractivity contribution in [3.8, 4) is 0 Å². The van der Waals surface area contributed by atoms with Crippen LogP contribution in [-0.2, 0) is 14.3 Å². The van der Waals surface area contributed by atoms with E-state index in [1.165, 1.54) is 0 Å². The number of carbonyl (C=O) groups is 2. The van der Waals surface area contributed by atoms with E-state index < -0.39 is 11.9 Å². The minimum atomic E-state index is -0.832. The lowest BCUT2D eigenvalue weighted by atomic mass is 10.1. The third-order valence-corrected chi connectivity index (χ3v) is 5.62. The smallest absolute Gasteiger partial charge is 0.307 e. The summed E-state index contributed by atoms with van der Waals surface area (Å²) in [6.45, 7) is 1.43. The van der Waals surface area contributed by atoms with Gasteiger partial charge < -0.3 is 14.7 Å². The number of rotatable bonds is 5. The first-order valence-corrected chi connectivity index (χ1v) is 8.55. The Hall–Kier alpha value is -0.750. The van der Waals surface area contributed by atoms with Crippen molar-refractivity contribution in [3.05, 3.63) is 0 Å². The third-order valence-electron chi connectivity index (χ3n) is 4.48. The first-order valence-electron chi connectivity index (χ1n) is 7.39. The maximum absolute atomic E-state index is 12.6. The molecule has 20 heavy (non-hydrogen) atoms. The van der Waals surface area contributed by atoms with Gasteiger partial charge in [-0.25, -0.2) is 0 Å². The highest BCUT2D eigenvalue weighted by Crippen LogP contribution is 2.41. The molecule has 0 radical (unpaired) electrons. The molecule has 0 aromatic heterocycles. The first-order chi connectivity index (χ1) is 9.66. The van der Waals surface area contributed by atoms with Gasteiger partial charge in [0.15, 0.2) is 0 Å². The highest BCUT2D eigenvalue weighted by Gasteiger charge is 2.51. The van der Waals surface area contributed by atoms with E-state index in [1.807, 2.05) is 16.7 Å². The summed E-state index contributed by atoms with van der Waals surface area (Å²) in [6, 6.07) is 0.270. The molecular weight excluding hydrogens is 278 g/mol. The van der Waals surface area contributed by atoms with Crippen LogP contribution in [0.25, 0.3) is 0 Å². The van der Waals surface area contributed by atoms with Crippen molar-refractivity contribution in [2.24, 2.45) is 11.8 Å². The minimum Gasteiger partial charge on any atom is -0.481 e. The summed E-state index contributed by atoms with van der Waals surface area (Å²) in [5.41, 5.74) is 0. The topological polar surface area (TPSA) is 66.8 Å². The van der Waals surface area contributed by atoms with Crippen LogP contribution in [0.15, 0.2) is 0 Å². The van der Waals surface area contributed by atoms with E-state index >= 15 is 0 Å². The predicted molar refractivity (Wildman–Crippen MR) is 75.6 cm³/mol. The van der Waals surface area contributed by atoms with E-state index in [4.69, 9.17) is 9.84 Å². The molecule has 0 spiro atoms. The molecule has 3 aliphatic rings. The molecule has 0 bridgehead atoms. The molecule has 3 rings (SSSR count). The second-order valence-electron chi connectivity index (χ2n) is 5.93. The zero-order chi connectivity index (χ0) is 14.1. The van der Waals surface area contributed by atoms with Gasteiger partial charge in [0.05, 0.1) is 17.9 Å². The van der Waals surface area contributed by atoms with Crippen LogP contribution in [0, 0.1) is 11.8 Å². The number of carboxylic acid groups (broad SMARTS) is 1. The van der Waals surface area contributed by atoms with Crippen LogP contribution < -0.4 is 0 Å². The Balaban J connectivity index is 1.64. The van der Waals surface area contributed by atoms with Gasteiger partial charge in [-0.15, -0.1) is 0 Å². The van der Waals surface area contributed by atoms with Gasteiger partial charge in [0.1, 0.15) is 0 Å². The number of amides is 1. The number of hydrogen-bond acceptors (Lipinski definition) is 4. The summed E-state index contributed by atoms with van der Waals surface area (Å²) in [6.07, 6.45) is 3.75. The number of aliphatic carboxylic acids is 1. The molecule has 112 valence electrons. The second kappa shape index (κ2) is 5.93. The standard InChI is InChI=1S/C14H21NO4S/c16-13(11-6-12(11)14(17)18)15(9-3-5-20-8-9)7-10-2-1-4-19-10/h9-12H,1-8H2,(H,17,18). The van der Waals surface area contributed by atoms with Crippen molar-refractivity contribution in [3.63, 3.8) is 0 Å². The molecule has 4 unspecified atom stereocenters. The van der Waals surface area contributed by atoms with Crippen molar-refractivity contribution >= 4 is 23.6 Å². The lowest BCUT2D eigenvalue weighted by molar-refractivity contribution is -0.143. The molecule has 5 nitrogen and oxygen atoms in total. The summed E-state index contributed by atoms with van der Waals surface area (Å²) < 4.78 is 5.65. The van der Waals surface area contributed by atoms with Gasteiger partial charge in [0.2, 0.25) is 5.91 Å². The van der Waals surface area contributed by atoms with Crippen LogP contribution >= 0.6 is 11.8 Å². The van der Waals surface area contributed by atoms with E-state index in [0.717, 1.165) is 37.4 Å². The molecule has 1 N–H and O–H groups in total.